The van der Waals surface area contributed by atoms with Crippen LogP contribution in [0.1, 0.15) is 75.8 Å². The lowest BCUT2D eigenvalue weighted by Gasteiger charge is -2.19. The third-order valence-electron chi connectivity index (χ3n) is 7.67. The van der Waals surface area contributed by atoms with Gasteiger partial charge in [0.2, 0.25) is 0 Å². The summed E-state index contributed by atoms with van der Waals surface area (Å²) in [5, 5.41) is 4.77. The highest BCUT2D eigenvalue weighted by atomic mass is 14.2. The maximum Gasteiger partial charge on any atom is -0.00923 e. The Bertz CT molecular complexity index is 1890. The Hall–Kier alpha value is -4.94. The van der Waals surface area contributed by atoms with Crippen molar-refractivity contribution in [2.24, 2.45) is 0 Å². The highest BCUT2D eigenvalue weighted by Gasteiger charge is 2.18. The second-order valence-corrected chi connectivity index (χ2v) is 10.5. The second-order valence-electron chi connectivity index (χ2n) is 10.5. The first-order chi connectivity index (χ1) is 22.0. The summed E-state index contributed by atoms with van der Waals surface area (Å²) in [5.74, 6) is 0. The Labute approximate surface area is 272 Å². The molecular formula is C45H48. The zero-order valence-electron chi connectivity index (χ0n) is 28.1. The Morgan fingerprint density at radius 1 is 0.578 bits per heavy atom. The van der Waals surface area contributed by atoms with E-state index >= 15 is 0 Å². The molecule has 0 N–H and O–H groups in total. The molecule has 0 aliphatic rings. The lowest BCUT2D eigenvalue weighted by atomic mass is 9.84. The van der Waals surface area contributed by atoms with Crippen LogP contribution >= 0.6 is 0 Å². The highest BCUT2D eigenvalue weighted by Crippen LogP contribution is 2.43. The topological polar surface area (TPSA) is 0 Å². The smallest absolute Gasteiger partial charge is 0.00923 e. The molecule has 0 aromatic heterocycles. The quantitative estimate of drug-likeness (QED) is 0.125. The van der Waals surface area contributed by atoms with Gasteiger partial charge in [-0.15, -0.1) is 0 Å². The molecule has 0 saturated heterocycles. The van der Waals surface area contributed by atoms with Crippen LogP contribution in [0.2, 0.25) is 0 Å². The van der Waals surface area contributed by atoms with E-state index in [4.69, 9.17) is 0 Å². The molecule has 0 heterocycles. The molecule has 0 amide bonds. The highest BCUT2D eigenvalue weighted by molar-refractivity contribution is 6.18. The third kappa shape index (κ3) is 7.08. The van der Waals surface area contributed by atoms with Gasteiger partial charge in [-0.05, 0) is 109 Å². The Morgan fingerprint density at radius 2 is 1.20 bits per heavy atom. The van der Waals surface area contributed by atoms with Gasteiger partial charge in [0.05, 0.1) is 0 Å². The summed E-state index contributed by atoms with van der Waals surface area (Å²) in [5.41, 5.74) is 11.3. The predicted octanol–water partition coefficient (Wildman–Crippen LogP) is 14.3. The van der Waals surface area contributed by atoms with Crippen LogP contribution < -0.4 is 0 Å². The second kappa shape index (κ2) is 16.8. The van der Waals surface area contributed by atoms with E-state index in [9.17, 15) is 0 Å². The summed E-state index contributed by atoms with van der Waals surface area (Å²) in [6, 6.07) is 28.4. The SMILES string of the molecule is C=Cc1cccc(-c2cc3c(cc(-c4cccc(C(/C=C\C)=C/C)c4)c4ccccc43)c(C=C)c2C=C)c1C=C.CC.CCC. The number of hydrogen-bond acceptors (Lipinski definition) is 0. The summed E-state index contributed by atoms with van der Waals surface area (Å²) < 4.78 is 0. The fourth-order valence-corrected chi connectivity index (χ4v) is 5.82. The first kappa shape index (κ1) is 34.5. The van der Waals surface area contributed by atoms with Gasteiger partial charge in [-0.3, -0.25) is 0 Å². The molecule has 0 radical (unpaired) electrons. The van der Waals surface area contributed by atoms with Crippen molar-refractivity contribution < 1.29 is 0 Å². The van der Waals surface area contributed by atoms with Crippen molar-refractivity contribution in [3.05, 3.63) is 151 Å². The first-order valence-electron chi connectivity index (χ1n) is 16.1. The van der Waals surface area contributed by atoms with Crippen LogP contribution in [0.4, 0.5) is 0 Å². The average Bonchev–Trinajstić information content (AvgIpc) is 3.10. The lowest BCUT2D eigenvalue weighted by molar-refractivity contribution is 1.09. The first-order valence-corrected chi connectivity index (χ1v) is 16.1. The van der Waals surface area contributed by atoms with Crippen molar-refractivity contribution in [3.63, 3.8) is 0 Å². The average molecular weight is 589 g/mol. The number of hydrogen-bond donors (Lipinski definition) is 0. The number of rotatable bonds is 8. The number of benzene rings is 5. The molecule has 0 spiro atoms. The van der Waals surface area contributed by atoms with Gasteiger partial charge in [0.15, 0.2) is 0 Å². The summed E-state index contributed by atoms with van der Waals surface area (Å²) in [4.78, 5) is 0. The van der Waals surface area contributed by atoms with Crippen LogP contribution in [-0.4, -0.2) is 0 Å². The molecule has 5 aromatic carbocycles. The van der Waals surface area contributed by atoms with E-state index in [2.05, 4.69) is 151 Å². The van der Waals surface area contributed by atoms with Crippen molar-refractivity contribution in [2.45, 2.75) is 48.0 Å². The Kier molecular flexibility index (Phi) is 12.9. The van der Waals surface area contributed by atoms with Crippen molar-refractivity contribution in [2.75, 3.05) is 0 Å². The molecule has 45 heavy (non-hydrogen) atoms. The molecule has 0 saturated carbocycles. The predicted molar refractivity (Wildman–Crippen MR) is 208 cm³/mol. The van der Waals surface area contributed by atoms with Gasteiger partial charge in [0.25, 0.3) is 0 Å². The van der Waals surface area contributed by atoms with Crippen molar-refractivity contribution in [1.29, 1.82) is 0 Å². The summed E-state index contributed by atoms with van der Waals surface area (Å²) >= 11 is 0. The maximum atomic E-state index is 4.25. The van der Waals surface area contributed by atoms with Crippen LogP contribution in [0.5, 0.6) is 0 Å². The summed E-state index contributed by atoms with van der Waals surface area (Å²) in [7, 11) is 0. The van der Waals surface area contributed by atoms with E-state index in [0.29, 0.717) is 0 Å². The molecule has 0 unspecified atom stereocenters. The summed E-state index contributed by atoms with van der Waals surface area (Å²) in [6.45, 7) is 29.0. The van der Waals surface area contributed by atoms with Gasteiger partial charge in [-0.25, -0.2) is 0 Å². The molecule has 5 rings (SSSR count). The lowest BCUT2D eigenvalue weighted by Crippen LogP contribution is -1.95. The third-order valence-corrected chi connectivity index (χ3v) is 7.67. The largest absolute Gasteiger partial charge is 0.0984 e. The molecule has 0 heteroatoms. The van der Waals surface area contributed by atoms with Crippen LogP contribution in [-0.2, 0) is 0 Å². The minimum absolute atomic E-state index is 1.06. The maximum absolute atomic E-state index is 4.25. The standard InChI is InChI=1S/C40H34.C3H8.C2H6/c1-7-17-27(8-2)29-19-15-20-30(24-29)37-25-39-33(12-6)32(11-5)38(26-40(39)36-22-14-13-21-35(36)37)34-23-16-18-28(9-3)31(34)10-4;1-3-2;1-2/h7-26H,3-6H2,1-2H3;3H2,1-2H3;1-2H3/b17-7-,27-8+;;. The van der Waals surface area contributed by atoms with Crippen molar-refractivity contribution in [1.82, 2.24) is 0 Å². The van der Waals surface area contributed by atoms with Gasteiger partial charge in [-0.1, -0.05) is 164 Å². The van der Waals surface area contributed by atoms with E-state index in [0.717, 1.165) is 38.8 Å². The van der Waals surface area contributed by atoms with Gasteiger partial charge >= 0.3 is 0 Å². The van der Waals surface area contributed by atoms with Gasteiger partial charge in [0, 0.05) is 0 Å². The Morgan fingerprint density at radius 3 is 1.80 bits per heavy atom. The molecule has 0 aliphatic carbocycles. The van der Waals surface area contributed by atoms with Crippen LogP contribution in [0, 0.1) is 0 Å². The molecule has 5 aromatic rings. The van der Waals surface area contributed by atoms with Crippen molar-refractivity contribution >= 4 is 51.4 Å². The van der Waals surface area contributed by atoms with E-state index in [-0.39, 0.29) is 0 Å². The minimum atomic E-state index is 1.06. The van der Waals surface area contributed by atoms with Crippen LogP contribution in [0.3, 0.4) is 0 Å². The Balaban J connectivity index is 0.00000104. The molecular weight excluding hydrogens is 540 g/mol. The molecule has 0 nitrogen and oxygen atoms in total. The zero-order chi connectivity index (χ0) is 32.9. The molecule has 228 valence electrons. The minimum Gasteiger partial charge on any atom is -0.0984 e. The van der Waals surface area contributed by atoms with E-state index in [1.165, 1.54) is 44.8 Å². The molecule has 0 atom stereocenters. The molecule has 0 aliphatic heterocycles. The van der Waals surface area contributed by atoms with Gasteiger partial charge < -0.3 is 0 Å². The summed E-state index contributed by atoms with van der Waals surface area (Å²) in [6.07, 6.45) is 15.4. The van der Waals surface area contributed by atoms with Crippen LogP contribution in [0.25, 0.3) is 73.7 Å². The van der Waals surface area contributed by atoms with E-state index < -0.39 is 0 Å². The number of allylic oxidation sites excluding steroid dienone is 4. The number of fused-ring (bicyclic) bond motifs is 3. The van der Waals surface area contributed by atoms with Crippen LogP contribution in [0.15, 0.2) is 123 Å². The van der Waals surface area contributed by atoms with Gasteiger partial charge in [-0.2, -0.15) is 0 Å². The zero-order valence-corrected chi connectivity index (χ0v) is 28.1. The fraction of sp³-hybridized carbons (Fsp3) is 0.156. The van der Waals surface area contributed by atoms with Crippen molar-refractivity contribution in [3.8, 4) is 22.3 Å². The monoisotopic (exact) mass is 588 g/mol. The fourth-order valence-electron chi connectivity index (χ4n) is 5.82. The normalized spacial score (nSPS) is 10.9. The van der Waals surface area contributed by atoms with Gasteiger partial charge in [0.1, 0.15) is 0 Å². The molecule has 0 bridgehead atoms. The van der Waals surface area contributed by atoms with E-state index in [1.54, 1.807) is 0 Å². The molecule has 0 fully saturated rings. The van der Waals surface area contributed by atoms with E-state index in [1.807, 2.05) is 38.2 Å².